The molecule has 0 spiro atoms. The maximum Gasteiger partial charge on any atom is 0.335 e. The predicted octanol–water partition coefficient (Wildman–Crippen LogP) is 1.07. The third-order valence-electron chi connectivity index (χ3n) is 3.33. The Morgan fingerprint density at radius 3 is 2.55 bits per heavy atom. The van der Waals surface area contributed by atoms with E-state index in [1.807, 2.05) is 0 Å². The smallest absolute Gasteiger partial charge is 0.335 e. The fraction of sp³-hybridized carbons (Fsp3) is 0.385. The largest absolute Gasteiger partial charge is 0.478 e. The van der Waals surface area contributed by atoms with Gasteiger partial charge in [0.25, 0.3) is 0 Å². The highest BCUT2D eigenvalue weighted by Gasteiger charge is 2.33. The standard InChI is InChI=1S/C13H15NO5S/c1-8-6-9(13(16)17)2-3-11(8)14-12(15)10-4-5-20(18,19)7-10/h2-3,6,10H,4-5,7H2,1H3,(H,14,15)(H,16,17). The van der Waals surface area contributed by atoms with Crippen LogP contribution in [0.1, 0.15) is 22.3 Å². The molecule has 1 heterocycles. The van der Waals surface area contributed by atoms with Gasteiger partial charge in [-0.15, -0.1) is 0 Å². The van der Waals surface area contributed by atoms with E-state index in [0.29, 0.717) is 17.7 Å². The Kier molecular flexibility index (Phi) is 3.80. The number of carboxylic acids is 1. The normalized spacial score (nSPS) is 20.6. The van der Waals surface area contributed by atoms with E-state index in [4.69, 9.17) is 5.11 Å². The van der Waals surface area contributed by atoms with Crippen molar-refractivity contribution in [2.75, 3.05) is 16.8 Å². The lowest BCUT2D eigenvalue weighted by Crippen LogP contribution is -2.24. The van der Waals surface area contributed by atoms with Gasteiger partial charge < -0.3 is 10.4 Å². The van der Waals surface area contributed by atoms with Crippen molar-refractivity contribution in [1.82, 2.24) is 0 Å². The molecule has 7 heteroatoms. The average molecular weight is 297 g/mol. The zero-order valence-electron chi connectivity index (χ0n) is 10.9. The van der Waals surface area contributed by atoms with Gasteiger partial charge in [-0.2, -0.15) is 0 Å². The number of hydrogen-bond donors (Lipinski definition) is 2. The number of hydrogen-bond acceptors (Lipinski definition) is 4. The second kappa shape index (κ2) is 5.24. The summed E-state index contributed by atoms with van der Waals surface area (Å²) in [6.07, 6.45) is 0.334. The Bertz CT molecular complexity index is 665. The molecule has 1 aromatic carbocycles. The summed E-state index contributed by atoms with van der Waals surface area (Å²) in [6.45, 7) is 1.69. The maximum absolute atomic E-state index is 12.0. The molecule has 2 rings (SSSR count). The zero-order valence-corrected chi connectivity index (χ0v) is 11.7. The second-order valence-corrected chi connectivity index (χ2v) is 7.15. The highest BCUT2D eigenvalue weighted by atomic mass is 32.2. The third kappa shape index (κ3) is 3.16. The first-order valence-electron chi connectivity index (χ1n) is 6.14. The fourth-order valence-electron chi connectivity index (χ4n) is 2.17. The molecule has 0 radical (unpaired) electrons. The number of aryl methyl sites for hydroxylation is 1. The SMILES string of the molecule is Cc1cc(C(=O)O)ccc1NC(=O)C1CCS(=O)(=O)C1. The van der Waals surface area contributed by atoms with Crippen LogP contribution in [-0.2, 0) is 14.6 Å². The quantitative estimate of drug-likeness (QED) is 0.869. The van der Waals surface area contributed by atoms with Gasteiger partial charge in [-0.05, 0) is 37.1 Å². The number of sulfone groups is 1. The van der Waals surface area contributed by atoms with Crippen LogP contribution in [0.2, 0.25) is 0 Å². The van der Waals surface area contributed by atoms with Crippen LogP contribution < -0.4 is 5.32 Å². The van der Waals surface area contributed by atoms with Gasteiger partial charge in [-0.1, -0.05) is 0 Å². The molecule has 1 aliphatic rings. The molecule has 1 fully saturated rings. The van der Waals surface area contributed by atoms with Crippen LogP contribution in [0.25, 0.3) is 0 Å². The van der Waals surface area contributed by atoms with E-state index in [-0.39, 0.29) is 23.0 Å². The van der Waals surface area contributed by atoms with Crippen LogP contribution in [0.15, 0.2) is 18.2 Å². The van der Waals surface area contributed by atoms with E-state index in [0.717, 1.165) is 0 Å². The predicted molar refractivity (Wildman–Crippen MR) is 73.5 cm³/mol. The van der Waals surface area contributed by atoms with E-state index in [9.17, 15) is 18.0 Å². The van der Waals surface area contributed by atoms with Crippen molar-refractivity contribution in [3.63, 3.8) is 0 Å². The summed E-state index contributed by atoms with van der Waals surface area (Å²) >= 11 is 0. The molecule has 1 aromatic rings. The van der Waals surface area contributed by atoms with Crippen LogP contribution in [0, 0.1) is 12.8 Å². The Labute approximate surface area is 116 Å². The molecular weight excluding hydrogens is 282 g/mol. The van der Waals surface area contributed by atoms with Gasteiger partial charge in [0, 0.05) is 5.69 Å². The average Bonchev–Trinajstić information content (AvgIpc) is 2.72. The number of aromatic carboxylic acids is 1. The summed E-state index contributed by atoms with van der Waals surface area (Å²) in [7, 11) is -3.10. The molecule has 1 aliphatic heterocycles. The number of anilines is 1. The van der Waals surface area contributed by atoms with Crippen LogP contribution in [0.4, 0.5) is 5.69 Å². The van der Waals surface area contributed by atoms with E-state index >= 15 is 0 Å². The minimum absolute atomic E-state index is 0.0437. The summed E-state index contributed by atoms with van der Waals surface area (Å²) in [4.78, 5) is 22.8. The van der Waals surface area contributed by atoms with Gasteiger partial charge in [-0.25, -0.2) is 13.2 Å². The van der Waals surface area contributed by atoms with Gasteiger partial charge >= 0.3 is 5.97 Å². The molecule has 2 N–H and O–H groups in total. The second-order valence-electron chi connectivity index (χ2n) is 4.92. The topological polar surface area (TPSA) is 101 Å². The number of amides is 1. The Hall–Kier alpha value is -1.89. The lowest BCUT2D eigenvalue weighted by atomic mass is 10.1. The van der Waals surface area contributed by atoms with Crippen molar-refractivity contribution in [2.24, 2.45) is 5.92 Å². The van der Waals surface area contributed by atoms with Crippen LogP contribution in [0.3, 0.4) is 0 Å². The number of nitrogens with one attached hydrogen (secondary N) is 1. The van der Waals surface area contributed by atoms with Crippen molar-refractivity contribution in [3.05, 3.63) is 29.3 Å². The summed E-state index contributed by atoms with van der Waals surface area (Å²) < 4.78 is 22.7. The third-order valence-corrected chi connectivity index (χ3v) is 5.10. The molecule has 0 saturated carbocycles. The first-order chi connectivity index (χ1) is 9.28. The first-order valence-corrected chi connectivity index (χ1v) is 7.96. The molecular formula is C13H15NO5S. The van der Waals surface area contributed by atoms with Gasteiger partial charge in [0.05, 0.1) is 23.0 Å². The maximum atomic E-state index is 12.0. The van der Waals surface area contributed by atoms with Gasteiger partial charge in [-0.3, -0.25) is 4.79 Å². The number of benzene rings is 1. The van der Waals surface area contributed by atoms with E-state index in [2.05, 4.69) is 5.32 Å². The van der Waals surface area contributed by atoms with Crippen molar-refractivity contribution in [2.45, 2.75) is 13.3 Å². The molecule has 1 atom stereocenters. The number of carboxylic acid groups (broad SMARTS) is 1. The highest BCUT2D eigenvalue weighted by molar-refractivity contribution is 7.91. The minimum Gasteiger partial charge on any atom is -0.478 e. The lowest BCUT2D eigenvalue weighted by Gasteiger charge is -2.12. The van der Waals surface area contributed by atoms with Crippen molar-refractivity contribution < 1.29 is 23.1 Å². The molecule has 6 nitrogen and oxygen atoms in total. The van der Waals surface area contributed by atoms with E-state index in [1.54, 1.807) is 6.92 Å². The first kappa shape index (κ1) is 14.5. The summed E-state index contributed by atoms with van der Waals surface area (Å²) in [5, 5.41) is 11.5. The van der Waals surface area contributed by atoms with Crippen LogP contribution >= 0.6 is 0 Å². The zero-order chi connectivity index (χ0) is 14.9. The minimum atomic E-state index is -3.10. The summed E-state index contributed by atoms with van der Waals surface area (Å²) in [5.74, 6) is -1.98. The molecule has 108 valence electrons. The Morgan fingerprint density at radius 1 is 1.35 bits per heavy atom. The van der Waals surface area contributed by atoms with Crippen LogP contribution in [0.5, 0.6) is 0 Å². The molecule has 0 bridgehead atoms. The molecule has 20 heavy (non-hydrogen) atoms. The highest BCUT2D eigenvalue weighted by Crippen LogP contribution is 2.22. The van der Waals surface area contributed by atoms with E-state index in [1.165, 1.54) is 18.2 Å². The lowest BCUT2D eigenvalue weighted by molar-refractivity contribution is -0.119. The van der Waals surface area contributed by atoms with Crippen molar-refractivity contribution in [3.8, 4) is 0 Å². The Balaban J connectivity index is 2.11. The monoisotopic (exact) mass is 297 g/mol. The number of carbonyl (C=O) groups excluding carboxylic acids is 1. The van der Waals surface area contributed by atoms with E-state index < -0.39 is 21.7 Å². The molecule has 1 unspecified atom stereocenters. The van der Waals surface area contributed by atoms with Crippen molar-refractivity contribution >= 4 is 27.4 Å². The molecule has 0 aromatic heterocycles. The van der Waals surface area contributed by atoms with Crippen molar-refractivity contribution in [1.29, 1.82) is 0 Å². The summed E-state index contributed by atoms with van der Waals surface area (Å²) in [6, 6.07) is 4.37. The van der Waals surface area contributed by atoms with Gasteiger partial charge in [0.2, 0.25) is 5.91 Å². The molecule has 0 aliphatic carbocycles. The van der Waals surface area contributed by atoms with Gasteiger partial charge in [0.15, 0.2) is 9.84 Å². The molecule has 1 amide bonds. The number of carbonyl (C=O) groups is 2. The molecule has 1 saturated heterocycles. The number of rotatable bonds is 3. The van der Waals surface area contributed by atoms with Gasteiger partial charge in [0.1, 0.15) is 0 Å². The fourth-order valence-corrected chi connectivity index (χ4v) is 3.91. The van der Waals surface area contributed by atoms with Crippen LogP contribution in [-0.4, -0.2) is 36.9 Å². The Morgan fingerprint density at radius 2 is 2.05 bits per heavy atom. The summed E-state index contributed by atoms with van der Waals surface area (Å²) in [5.41, 5.74) is 1.27.